The molecule has 2 heteroatoms. The Kier molecular flexibility index (Phi) is 13.4. The molecular formula is C42H56N2. The second-order valence-corrected chi connectivity index (χ2v) is 12.8. The Balaban J connectivity index is 1.56. The maximum Gasteiger partial charge on any atom is 0.0314 e. The summed E-state index contributed by atoms with van der Waals surface area (Å²) in [5.41, 5.74) is 22.0. The van der Waals surface area contributed by atoms with Crippen LogP contribution in [0.4, 0.5) is 11.4 Å². The largest absolute Gasteiger partial charge is 0.399 e. The van der Waals surface area contributed by atoms with Crippen molar-refractivity contribution < 1.29 is 0 Å². The molecule has 4 aromatic rings. The summed E-state index contributed by atoms with van der Waals surface area (Å²) >= 11 is 0. The summed E-state index contributed by atoms with van der Waals surface area (Å²) < 4.78 is 0. The fourth-order valence-electron chi connectivity index (χ4n) is 6.84. The molecule has 0 aliphatic rings. The minimum absolute atomic E-state index is 0.402. The zero-order valence-corrected chi connectivity index (χ0v) is 27.6. The van der Waals surface area contributed by atoms with Crippen molar-refractivity contribution in [2.75, 3.05) is 11.5 Å². The molecule has 0 heterocycles. The average Bonchev–Trinajstić information content (AvgIpc) is 3.05. The SMILES string of the molecule is CCCCCCCCCC(c1ccc(C(CCC)c2ccc(N)cc2)cc1)c1ccc(C(CCC)c2ccc(N)cc2)cc1. The van der Waals surface area contributed by atoms with Gasteiger partial charge in [0.15, 0.2) is 0 Å². The molecule has 0 bridgehead atoms. The highest BCUT2D eigenvalue weighted by molar-refractivity contribution is 5.45. The number of unbranched alkanes of at least 4 members (excludes halogenated alkanes) is 6. The van der Waals surface area contributed by atoms with E-state index in [4.69, 9.17) is 11.5 Å². The van der Waals surface area contributed by atoms with E-state index in [2.05, 4.69) is 93.6 Å². The molecule has 0 aliphatic heterocycles. The summed E-state index contributed by atoms with van der Waals surface area (Å²) in [6.07, 6.45) is 15.1. The molecule has 44 heavy (non-hydrogen) atoms. The molecule has 4 rings (SSSR count). The van der Waals surface area contributed by atoms with Crippen LogP contribution in [0.5, 0.6) is 0 Å². The van der Waals surface area contributed by atoms with E-state index in [-0.39, 0.29) is 0 Å². The molecule has 0 amide bonds. The van der Waals surface area contributed by atoms with Gasteiger partial charge >= 0.3 is 0 Å². The van der Waals surface area contributed by atoms with Gasteiger partial charge in [-0.3, -0.25) is 0 Å². The molecule has 0 aliphatic carbocycles. The van der Waals surface area contributed by atoms with Crippen molar-refractivity contribution >= 4 is 11.4 Å². The Morgan fingerprint density at radius 3 is 0.932 bits per heavy atom. The minimum atomic E-state index is 0.402. The molecule has 4 N–H and O–H groups in total. The lowest BCUT2D eigenvalue weighted by Gasteiger charge is -2.23. The molecule has 0 saturated carbocycles. The predicted octanol–water partition coefficient (Wildman–Crippen LogP) is 12.0. The quantitative estimate of drug-likeness (QED) is 0.0897. The van der Waals surface area contributed by atoms with Gasteiger partial charge in [0, 0.05) is 29.1 Å². The van der Waals surface area contributed by atoms with Gasteiger partial charge in [0.05, 0.1) is 0 Å². The Hall–Kier alpha value is -3.52. The lowest BCUT2D eigenvalue weighted by Crippen LogP contribution is -2.06. The topological polar surface area (TPSA) is 52.0 Å². The van der Waals surface area contributed by atoms with Gasteiger partial charge in [-0.15, -0.1) is 0 Å². The lowest BCUT2D eigenvalue weighted by atomic mass is 9.82. The number of anilines is 2. The first-order valence-electron chi connectivity index (χ1n) is 17.4. The summed E-state index contributed by atoms with van der Waals surface area (Å²) in [7, 11) is 0. The number of benzene rings is 4. The van der Waals surface area contributed by atoms with Crippen LogP contribution in [-0.2, 0) is 0 Å². The molecule has 0 radical (unpaired) electrons. The molecule has 4 aromatic carbocycles. The number of hydrogen-bond donors (Lipinski definition) is 2. The van der Waals surface area contributed by atoms with Crippen LogP contribution < -0.4 is 11.5 Å². The Bertz CT molecular complexity index is 1240. The van der Waals surface area contributed by atoms with Crippen LogP contribution in [0.25, 0.3) is 0 Å². The Labute approximate surface area is 268 Å². The molecule has 2 atom stereocenters. The minimum Gasteiger partial charge on any atom is -0.399 e. The van der Waals surface area contributed by atoms with E-state index in [0.717, 1.165) is 37.1 Å². The highest BCUT2D eigenvalue weighted by Gasteiger charge is 2.19. The van der Waals surface area contributed by atoms with Gasteiger partial charge in [0.2, 0.25) is 0 Å². The number of hydrogen-bond acceptors (Lipinski definition) is 2. The summed E-state index contributed by atoms with van der Waals surface area (Å²) in [6, 6.07) is 36.1. The van der Waals surface area contributed by atoms with Crippen LogP contribution in [0.1, 0.15) is 149 Å². The van der Waals surface area contributed by atoms with Crippen molar-refractivity contribution in [2.45, 2.75) is 116 Å². The summed E-state index contributed by atoms with van der Waals surface area (Å²) in [5.74, 6) is 1.22. The fraction of sp³-hybridized carbons (Fsp3) is 0.429. The van der Waals surface area contributed by atoms with Gasteiger partial charge in [-0.2, -0.15) is 0 Å². The highest BCUT2D eigenvalue weighted by Crippen LogP contribution is 2.36. The standard InChI is InChI=1S/C42H56N2/c1-4-7-8-9-10-11-12-15-42(34-20-16-32(17-21-34)40(13-5-2)36-24-28-38(43)29-25-36)35-22-18-33(19-23-35)41(14-6-3)37-26-30-39(44)31-27-37/h16-31,40-42H,4-15,43-44H2,1-3H3. The molecule has 0 fully saturated rings. The molecule has 234 valence electrons. The molecule has 0 aromatic heterocycles. The first-order chi connectivity index (χ1) is 21.5. The number of nitrogen functional groups attached to an aromatic ring is 2. The van der Waals surface area contributed by atoms with Crippen molar-refractivity contribution in [1.29, 1.82) is 0 Å². The third-order valence-electron chi connectivity index (χ3n) is 9.41. The first-order valence-corrected chi connectivity index (χ1v) is 17.4. The van der Waals surface area contributed by atoms with Crippen LogP contribution in [0.3, 0.4) is 0 Å². The normalized spacial score (nSPS) is 13.4. The molecule has 0 saturated heterocycles. The fourth-order valence-corrected chi connectivity index (χ4v) is 6.84. The smallest absolute Gasteiger partial charge is 0.0314 e. The van der Waals surface area contributed by atoms with E-state index in [0.29, 0.717) is 17.8 Å². The summed E-state index contributed by atoms with van der Waals surface area (Å²) in [6.45, 7) is 6.85. The molecular weight excluding hydrogens is 532 g/mol. The predicted molar refractivity (Wildman–Crippen MR) is 193 cm³/mol. The zero-order chi connectivity index (χ0) is 31.1. The third kappa shape index (κ3) is 9.49. The maximum absolute atomic E-state index is 6.00. The van der Waals surface area contributed by atoms with Gasteiger partial charge < -0.3 is 11.5 Å². The molecule has 2 unspecified atom stereocenters. The van der Waals surface area contributed by atoms with E-state index in [1.807, 2.05) is 24.3 Å². The molecule has 0 spiro atoms. The average molecular weight is 589 g/mol. The van der Waals surface area contributed by atoms with Gasteiger partial charge in [-0.1, -0.05) is 151 Å². The molecule has 2 nitrogen and oxygen atoms in total. The van der Waals surface area contributed by atoms with Gasteiger partial charge in [0.1, 0.15) is 0 Å². The zero-order valence-electron chi connectivity index (χ0n) is 27.6. The van der Waals surface area contributed by atoms with Gasteiger partial charge in [-0.25, -0.2) is 0 Å². The van der Waals surface area contributed by atoms with Crippen LogP contribution >= 0.6 is 0 Å². The second kappa shape index (κ2) is 17.7. The highest BCUT2D eigenvalue weighted by atomic mass is 14.5. The van der Waals surface area contributed by atoms with E-state index >= 15 is 0 Å². The van der Waals surface area contributed by atoms with E-state index in [9.17, 15) is 0 Å². The van der Waals surface area contributed by atoms with Crippen molar-refractivity contribution in [3.63, 3.8) is 0 Å². The third-order valence-corrected chi connectivity index (χ3v) is 9.41. The van der Waals surface area contributed by atoms with E-state index in [1.165, 1.54) is 84.7 Å². The second-order valence-electron chi connectivity index (χ2n) is 12.8. The van der Waals surface area contributed by atoms with E-state index in [1.54, 1.807) is 0 Å². The van der Waals surface area contributed by atoms with Crippen LogP contribution in [0.15, 0.2) is 97.1 Å². The summed E-state index contributed by atoms with van der Waals surface area (Å²) in [4.78, 5) is 0. The van der Waals surface area contributed by atoms with Crippen molar-refractivity contribution in [3.8, 4) is 0 Å². The maximum atomic E-state index is 6.00. The van der Waals surface area contributed by atoms with Gasteiger partial charge in [-0.05, 0) is 76.9 Å². The lowest BCUT2D eigenvalue weighted by molar-refractivity contribution is 0.558. The van der Waals surface area contributed by atoms with Crippen LogP contribution in [0.2, 0.25) is 0 Å². The Morgan fingerprint density at radius 2 is 0.614 bits per heavy atom. The van der Waals surface area contributed by atoms with E-state index < -0.39 is 0 Å². The number of nitrogens with two attached hydrogens (primary N) is 2. The van der Waals surface area contributed by atoms with Crippen molar-refractivity contribution in [2.24, 2.45) is 0 Å². The van der Waals surface area contributed by atoms with Crippen molar-refractivity contribution in [1.82, 2.24) is 0 Å². The Morgan fingerprint density at radius 1 is 0.341 bits per heavy atom. The number of rotatable bonds is 18. The van der Waals surface area contributed by atoms with Crippen LogP contribution in [0, 0.1) is 0 Å². The summed E-state index contributed by atoms with van der Waals surface area (Å²) in [5, 5.41) is 0. The van der Waals surface area contributed by atoms with Gasteiger partial charge in [0.25, 0.3) is 0 Å². The monoisotopic (exact) mass is 588 g/mol. The van der Waals surface area contributed by atoms with Crippen LogP contribution in [-0.4, -0.2) is 0 Å². The van der Waals surface area contributed by atoms with Crippen molar-refractivity contribution in [3.05, 3.63) is 130 Å². The first kappa shape index (κ1) is 33.4.